The van der Waals surface area contributed by atoms with Crippen molar-refractivity contribution in [2.45, 2.75) is 78.1 Å². The Hall–Kier alpha value is -0.683. The van der Waals surface area contributed by atoms with Crippen molar-refractivity contribution >= 4 is 8.32 Å². The fourth-order valence-corrected chi connectivity index (χ4v) is 2.39. The predicted octanol–water partition coefficient (Wildman–Crippen LogP) is 5.06. The SMILES string of the molecule is CCCCC=C[N+]([O-])=NC(C)CO[Si](C)(C)C(C)(C)C. The highest BCUT2D eigenvalue weighted by molar-refractivity contribution is 6.74. The second-order valence-electron chi connectivity index (χ2n) is 6.87. The second-order valence-corrected chi connectivity index (χ2v) is 11.7. The van der Waals surface area contributed by atoms with Gasteiger partial charge in [0.05, 0.1) is 6.61 Å². The van der Waals surface area contributed by atoms with Crippen molar-refractivity contribution in [3.05, 3.63) is 17.5 Å². The third-order valence-corrected chi connectivity index (χ3v) is 8.26. The Morgan fingerprint density at radius 1 is 1.35 bits per heavy atom. The highest BCUT2D eigenvalue weighted by Gasteiger charge is 2.37. The largest absolute Gasteiger partial charge is 0.595 e. The van der Waals surface area contributed by atoms with Crippen molar-refractivity contribution in [2.24, 2.45) is 5.11 Å². The molecule has 0 aliphatic rings. The summed E-state index contributed by atoms with van der Waals surface area (Å²) in [5, 5.41) is 15.8. The van der Waals surface area contributed by atoms with Crippen LogP contribution < -0.4 is 0 Å². The van der Waals surface area contributed by atoms with Crippen LogP contribution in [0.25, 0.3) is 0 Å². The number of azo groups is 1. The lowest BCUT2D eigenvalue weighted by atomic mass is 10.2. The molecule has 0 fully saturated rings. The first-order valence-corrected chi connectivity index (χ1v) is 10.5. The van der Waals surface area contributed by atoms with E-state index in [1.165, 1.54) is 6.20 Å². The molecular weight excluding hydrogens is 268 g/mol. The molecule has 0 aromatic rings. The van der Waals surface area contributed by atoms with Gasteiger partial charge in [-0.3, -0.25) is 0 Å². The van der Waals surface area contributed by atoms with Crippen LogP contribution in [0.4, 0.5) is 0 Å². The molecule has 1 unspecified atom stereocenters. The number of hydroxylamine groups is 1. The molecule has 5 heteroatoms. The summed E-state index contributed by atoms with van der Waals surface area (Å²) in [7, 11) is -1.75. The van der Waals surface area contributed by atoms with Gasteiger partial charge in [0.1, 0.15) is 6.04 Å². The molecule has 0 aromatic heterocycles. The van der Waals surface area contributed by atoms with Crippen LogP contribution in [0.15, 0.2) is 17.4 Å². The first-order valence-electron chi connectivity index (χ1n) is 7.58. The van der Waals surface area contributed by atoms with Crippen molar-refractivity contribution in [3.8, 4) is 0 Å². The number of allylic oxidation sites excluding steroid dienone is 1. The molecule has 4 nitrogen and oxygen atoms in total. The lowest BCUT2D eigenvalue weighted by Crippen LogP contribution is -2.42. The lowest BCUT2D eigenvalue weighted by molar-refractivity contribution is -0.462. The summed E-state index contributed by atoms with van der Waals surface area (Å²) in [4.78, 5) is 0.662. The molecule has 20 heavy (non-hydrogen) atoms. The zero-order valence-corrected chi connectivity index (χ0v) is 15.3. The molecule has 0 aromatic carbocycles. The molecule has 1 atom stereocenters. The fourth-order valence-electron chi connectivity index (χ4n) is 1.30. The van der Waals surface area contributed by atoms with E-state index in [0.717, 1.165) is 19.3 Å². The van der Waals surface area contributed by atoms with Crippen LogP contribution in [0.1, 0.15) is 53.9 Å². The van der Waals surface area contributed by atoms with Gasteiger partial charge in [-0.1, -0.05) is 39.0 Å². The standard InChI is InChI=1S/C15H32N2O2Si/c1-8-9-10-11-12-17(18)16-14(2)13-19-20(6,7)15(3,4)5/h11-12,14H,8-10,13H2,1-7H3. The van der Waals surface area contributed by atoms with Gasteiger partial charge in [0.25, 0.3) is 0 Å². The first kappa shape index (κ1) is 19.3. The first-order chi connectivity index (χ1) is 9.10. The van der Waals surface area contributed by atoms with Crippen molar-refractivity contribution in [2.75, 3.05) is 6.61 Å². The molecule has 0 bridgehead atoms. The number of unbranched alkanes of at least 4 members (excludes halogenated alkanes) is 2. The van der Waals surface area contributed by atoms with Gasteiger partial charge in [-0.05, 0) is 49.1 Å². The van der Waals surface area contributed by atoms with Crippen LogP contribution in [0, 0.1) is 5.21 Å². The van der Waals surface area contributed by atoms with E-state index < -0.39 is 8.32 Å². The van der Waals surface area contributed by atoms with Gasteiger partial charge in [-0.25, -0.2) is 0 Å². The Morgan fingerprint density at radius 2 is 1.95 bits per heavy atom. The number of hydrogen-bond donors (Lipinski definition) is 0. The molecule has 0 heterocycles. The van der Waals surface area contributed by atoms with E-state index in [2.05, 4.69) is 45.9 Å². The van der Waals surface area contributed by atoms with Crippen LogP contribution in [-0.2, 0) is 4.43 Å². The van der Waals surface area contributed by atoms with Crippen LogP contribution in [0.3, 0.4) is 0 Å². The van der Waals surface area contributed by atoms with E-state index in [1.807, 2.05) is 13.0 Å². The molecule has 0 saturated carbocycles. The molecular formula is C15H32N2O2Si. The van der Waals surface area contributed by atoms with E-state index in [0.29, 0.717) is 11.5 Å². The predicted molar refractivity (Wildman–Crippen MR) is 87.3 cm³/mol. The summed E-state index contributed by atoms with van der Waals surface area (Å²) in [6, 6.07) is -0.113. The normalized spacial score (nSPS) is 15.8. The molecule has 0 rings (SSSR count). The summed E-state index contributed by atoms with van der Waals surface area (Å²) >= 11 is 0. The highest BCUT2D eigenvalue weighted by atomic mass is 28.4. The quantitative estimate of drug-likeness (QED) is 0.207. The topological polar surface area (TPSA) is 47.7 Å². The van der Waals surface area contributed by atoms with E-state index in [9.17, 15) is 5.21 Å². The molecule has 0 radical (unpaired) electrons. The van der Waals surface area contributed by atoms with Gasteiger partial charge in [0.15, 0.2) is 8.32 Å². The Labute approximate surface area is 125 Å². The van der Waals surface area contributed by atoms with Crippen molar-refractivity contribution in [1.29, 1.82) is 0 Å². The van der Waals surface area contributed by atoms with Crippen LogP contribution in [0.2, 0.25) is 18.1 Å². The summed E-state index contributed by atoms with van der Waals surface area (Å²) in [5.41, 5.74) is 0. The summed E-state index contributed by atoms with van der Waals surface area (Å²) in [5.74, 6) is 0. The van der Waals surface area contributed by atoms with Crippen LogP contribution in [0.5, 0.6) is 0 Å². The third-order valence-electron chi connectivity index (χ3n) is 3.76. The molecule has 118 valence electrons. The fraction of sp³-hybridized carbons (Fsp3) is 0.867. The zero-order chi connectivity index (χ0) is 15.8. The minimum Gasteiger partial charge on any atom is -0.595 e. The maximum Gasteiger partial charge on any atom is 0.205 e. The average molecular weight is 301 g/mol. The van der Waals surface area contributed by atoms with E-state index >= 15 is 0 Å². The van der Waals surface area contributed by atoms with Crippen molar-refractivity contribution in [1.82, 2.24) is 0 Å². The smallest absolute Gasteiger partial charge is 0.205 e. The van der Waals surface area contributed by atoms with Crippen LogP contribution in [-0.4, -0.2) is 25.8 Å². The Morgan fingerprint density at radius 3 is 2.45 bits per heavy atom. The lowest BCUT2D eigenvalue weighted by Gasteiger charge is -2.36. The van der Waals surface area contributed by atoms with Crippen molar-refractivity contribution in [3.63, 3.8) is 0 Å². The molecule has 0 aliphatic carbocycles. The van der Waals surface area contributed by atoms with Crippen LogP contribution >= 0.6 is 0 Å². The summed E-state index contributed by atoms with van der Waals surface area (Å²) in [6.07, 6.45) is 6.55. The number of rotatable bonds is 8. The van der Waals surface area contributed by atoms with Gasteiger partial charge in [-0.2, -0.15) is 0 Å². The van der Waals surface area contributed by atoms with E-state index in [1.54, 1.807) is 0 Å². The highest BCUT2D eigenvalue weighted by Crippen LogP contribution is 2.36. The zero-order valence-electron chi connectivity index (χ0n) is 14.3. The Bertz CT molecular complexity index is 333. The van der Waals surface area contributed by atoms with Crippen molar-refractivity contribution < 1.29 is 9.29 Å². The maximum atomic E-state index is 11.6. The van der Waals surface area contributed by atoms with E-state index in [-0.39, 0.29) is 11.1 Å². The van der Waals surface area contributed by atoms with Gasteiger partial charge >= 0.3 is 0 Å². The monoisotopic (exact) mass is 300 g/mol. The van der Waals surface area contributed by atoms with Gasteiger partial charge in [0.2, 0.25) is 6.20 Å². The van der Waals surface area contributed by atoms with Gasteiger partial charge in [-0.15, -0.1) is 0 Å². The molecule has 0 spiro atoms. The Kier molecular flexibility index (Phi) is 8.28. The third kappa shape index (κ3) is 7.80. The summed E-state index contributed by atoms with van der Waals surface area (Å²) in [6.45, 7) is 15.6. The molecule has 0 N–H and O–H groups in total. The number of nitrogens with zero attached hydrogens (tertiary/aromatic N) is 2. The van der Waals surface area contributed by atoms with E-state index in [4.69, 9.17) is 4.43 Å². The second kappa shape index (κ2) is 8.57. The number of hydrogen-bond acceptors (Lipinski definition) is 3. The minimum absolute atomic E-state index is 0.113. The summed E-state index contributed by atoms with van der Waals surface area (Å²) < 4.78 is 6.06. The molecule has 0 aliphatic heterocycles. The maximum absolute atomic E-state index is 11.6. The van der Waals surface area contributed by atoms with Gasteiger partial charge in [0, 0.05) is 0 Å². The molecule has 0 amide bonds. The van der Waals surface area contributed by atoms with Gasteiger partial charge < -0.3 is 9.63 Å². The molecule has 0 saturated heterocycles. The average Bonchev–Trinajstić information content (AvgIpc) is 2.31. The minimum atomic E-state index is -1.75. The Balaban J connectivity index is 4.28.